The summed E-state index contributed by atoms with van der Waals surface area (Å²) < 4.78 is 5.71. The molecule has 2 heterocycles. The molecule has 0 amide bonds. The van der Waals surface area contributed by atoms with Crippen LogP contribution in [0.3, 0.4) is 0 Å². The first kappa shape index (κ1) is 22.7. The number of nitrogens with one attached hydrogen (secondary N) is 2. The molecule has 0 unspecified atom stereocenters. The van der Waals surface area contributed by atoms with Crippen LogP contribution in [0.1, 0.15) is 37.8 Å². The van der Waals surface area contributed by atoms with E-state index in [-0.39, 0.29) is 11.7 Å². The van der Waals surface area contributed by atoms with Gasteiger partial charge in [-0.1, -0.05) is 32.0 Å². The molecule has 1 aliphatic rings. The third-order valence-corrected chi connectivity index (χ3v) is 6.30. The van der Waals surface area contributed by atoms with Crippen LogP contribution in [0.25, 0.3) is 10.9 Å². The molecule has 1 atom stereocenters. The molecule has 6 nitrogen and oxygen atoms in total. The minimum atomic E-state index is -0.0495. The Hall–Kier alpha value is -1.96. The number of fused-ring (bicyclic) bond motifs is 1. The third-order valence-electron chi connectivity index (χ3n) is 5.90. The molecule has 0 radical (unpaired) electrons. The maximum absolute atomic E-state index is 12.8. The van der Waals surface area contributed by atoms with Crippen molar-refractivity contribution in [2.75, 3.05) is 39.3 Å². The second-order valence-corrected chi connectivity index (χ2v) is 8.32. The van der Waals surface area contributed by atoms with Crippen molar-refractivity contribution in [2.45, 2.75) is 46.3 Å². The summed E-state index contributed by atoms with van der Waals surface area (Å²) in [5.74, 6) is 0. The molecule has 164 valence electrons. The number of H-pyrrole nitrogens is 1. The van der Waals surface area contributed by atoms with Gasteiger partial charge in [-0.05, 0) is 62.1 Å². The highest BCUT2D eigenvalue weighted by molar-refractivity contribution is 7.80. The number of hydrogen-bond donors (Lipinski definition) is 2. The first-order chi connectivity index (χ1) is 14.5. The largest absolute Gasteiger partial charge is 0.376 e. The van der Waals surface area contributed by atoms with Gasteiger partial charge in [-0.2, -0.15) is 0 Å². The fourth-order valence-electron chi connectivity index (χ4n) is 3.92. The zero-order valence-corrected chi connectivity index (χ0v) is 19.2. The number of thiocarbonyl (C=S) groups is 1. The summed E-state index contributed by atoms with van der Waals surface area (Å²) in [6, 6.07) is 8.06. The summed E-state index contributed by atoms with van der Waals surface area (Å²) in [7, 11) is 0. The van der Waals surface area contributed by atoms with Crippen molar-refractivity contribution in [3.63, 3.8) is 0 Å². The normalized spacial score (nSPS) is 16.3. The predicted octanol–water partition coefficient (Wildman–Crippen LogP) is 3.03. The number of benzene rings is 1. The van der Waals surface area contributed by atoms with Crippen molar-refractivity contribution < 1.29 is 4.74 Å². The average Bonchev–Trinajstić information content (AvgIpc) is 3.26. The lowest BCUT2D eigenvalue weighted by Gasteiger charge is -2.29. The number of ether oxygens (including phenoxy) is 1. The van der Waals surface area contributed by atoms with Gasteiger partial charge in [0.25, 0.3) is 5.56 Å². The molecule has 1 aromatic heterocycles. The molecule has 1 aromatic carbocycles. The summed E-state index contributed by atoms with van der Waals surface area (Å²) in [5, 5.41) is 5.10. The van der Waals surface area contributed by atoms with Crippen LogP contribution < -0.4 is 10.9 Å². The lowest BCUT2D eigenvalue weighted by atomic mass is 10.1. The second kappa shape index (κ2) is 10.9. The third kappa shape index (κ3) is 5.80. The number of para-hydroxylation sites is 1. The number of nitrogens with zero attached hydrogens (tertiary/aromatic N) is 2. The first-order valence-electron chi connectivity index (χ1n) is 11.0. The van der Waals surface area contributed by atoms with Gasteiger partial charge < -0.3 is 24.8 Å². The SMILES string of the molecule is CCN(CC)CCN(Cc1cc2cccc(C)c2[nH]c1=O)C(=S)NC[C@H]1CCCO1. The Bertz CT molecular complexity index is 904. The fourth-order valence-corrected chi connectivity index (χ4v) is 4.16. The van der Waals surface area contributed by atoms with Crippen LogP contribution >= 0.6 is 12.2 Å². The van der Waals surface area contributed by atoms with Crippen molar-refractivity contribution in [2.24, 2.45) is 0 Å². The van der Waals surface area contributed by atoms with Crippen molar-refractivity contribution >= 4 is 28.2 Å². The number of aromatic nitrogens is 1. The Morgan fingerprint density at radius 2 is 2.10 bits per heavy atom. The zero-order chi connectivity index (χ0) is 21.5. The Labute approximate surface area is 184 Å². The maximum Gasteiger partial charge on any atom is 0.253 e. The molecule has 2 N–H and O–H groups in total. The summed E-state index contributed by atoms with van der Waals surface area (Å²) in [6.07, 6.45) is 2.40. The standard InChI is InChI=1S/C23H34N4O2S/c1-4-26(5-2)11-12-27(23(30)24-15-20-10-7-13-29-20)16-19-14-18-9-6-8-17(3)21(18)25-22(19)28/h6,8-9,14,20H,4-5,7,10-13,15-16H2,1-3H3,(H,24,30)(H,25,28)/t20-/m1/s1. The van der Waals surface area contributed by atoms with Gasteiger partial charge in [0.1, 0.15) is 0 Å². The van der Waals surface area contributed by atoms with Crippen LogP contribution in [0.4, 0.5) is 0 Å². The number of likely N-dealkylation sites (N-methyl/N-ethyl adjacent to an activating group) is 1. The Kier molecular flexibility index (Phi) is 8.24. The van der Waals surface area contributed by atoms with Gasteiger partial charge in [-0.3, -0.25) is 4.79 Å². The highest BCUT2D eigenvalue weighted by atomic mass is 32.1. The van der Waals surface area contributed by atoms with E-state index in [9.17, 15) is 4.79 Å². The molecular formula is C23H34N4O2S. The molecule has 1 fully saturated rings. The van der Waals surface area contributed by atoms with Crippen molar-refractivity contribution in [3.05, 3.63) is 45.7 Å². The van der Waals surface area contributed by atoms with Crippen LogP contribution in [0, 0.1) is 6.92 Å². The monoisotopic (exact) mass is 430 g/mol. The van der Waals surface area contributed by atoms with E-state index in [1.807, 2.05) is 31.2 Å². The molecule has 0 spiro atoms. The summed E-state index contributed by atoms with van der Waals surface area (Å²) in [4.78, 5) is 20.3. The Balaban J connectivity index is 1.76. The summed E-state index contributed by atoms with van der Waals surface area (Å²) in [6.45, 7) is 12.0. The van der Waals surface area contributed by atoms with Crippen LogP contribution in [0.15, 0.2) is 29.1 Å². The lowest BCUT2D eigenvalue weighted by molar-refractivity contribution is 0.113. The number of hydrogen-bond acceptors (Lipinski definition) is 4. The Morgan fingerprint density at radius 3 is 2.80 bits per heavy atom. The van der Waals surface area contributed by atoms with E-state index in [1.54, 1.807) is 0 Å². The molecule has 0 bridgehead atoms. The fraction of sp³-hybridized carbons (Fsp3) is 0.565. The van der Waals surface area contributed by atoms with E-state index in [0.29, 0.717) is 18.2 Å². The molecule has 30 heavy (non-hydrogen) atoms. The van der Waals surface area contributed by atoms with Gasteiger partial charge in [-0.15, -0.1) is 0 Å². The average molecular weight is 431 g/mol. The first-order valence-corrected chi connectivity index (χ1v) is 11.4. The number of aryl methyl sites for hydroxylation is 1. The minimum absolute atomic E-state index is 0.0495. The van der Waals surface area contributed by atoms with E-state index in [2.05, 4.69) is 33.9 Å². The quantitative estimate of drug-likeness (QED) is 0.597. The van der Waals surface area contributed by atoms with Gasteiger partial charge in [0.05, 0.1) is 18.2 Å². The molecule has 1 saturated heterocycles. The maximum atomic E-state index is 12.8. The second-order valence-electron chi connectivity index (χ2n) is 7.93. The summed E-state index contributed by atoms with van der Waals surface area (Å²) >= 11 is 5.72. The van der Waals surface area contributed by atoms with Crippen LogP contribution in [0.5, 0.6) is 0 Å². The minimum Gasteiger partial charge on any atom is -0.376 e. The molecule has 2 aromatic rings. The molecule has 1 aliphatic heterocycles. The number of pyridine rings is 1. The van der Waals surface area contributed by atoms with Crippen molar-refractivity contribution in [1.29, 1.82) is 0 Å². The van der Waals surface area contributed by atoms with Gasteiger partial charge in [-0.25, -0.2) is 0 Å². The van der Waals surface area contributed by atoms with Crippen molar-refractivity contribution in [1.82, 2.24) is 20.1 Å². The highest BCUT2D eigenvalue weighted by Crippen LogP contribution is 2.16. The van der Waals surface area contributed by atoms with E-state index in [0.717, 1.165) is 67.7 Å². The Morgan fingerprint density at radius 1 is 1.30 bits per heavy atom. The summed E-state index contributed by atoms with van der Waals surface area (Å²) in [5.41, 5.74) is 2.66. The van der Waals surface area contributed by atoms with Crippen LogP contribution in [-0.4, -0.2) is 65.3 Å². The number of aromatic amines is 1. The number of rotatable bonds is 9. The highest BCUT2D eigenvalue weighted by Gasteiger charge is 2.18. The topological polar surface area (TPSA) is 60.6 Å². The van der Waals surface area contributed by atoms with Crippen LogP contribution in [-0.2, 0) is 11.3 Å². The van der Waals surface area contributed by atoms with Crippen LogP contribution in [0.2, 0.25) is 0 Å². The molecular weight excluding hydrogens is 396 g/mol. The van der Waals surface area contributed by atoms with Crippen molar-refractivity contribution in [3.8, 4) is 0 Å². The van der Waals surface area contributed by atoms with Gasteiger partial charge in [0.2, 0.25) is 0 Å². The predicted molar refractivity (Wildman–Crippen MR) is 127 cm³/mol. The van der Waals surface area contributed by atoms with E-state index in [4.69, 9.17) is 17.0 Å². The lowest BCUT2D eigenvalue weighted by Crippen LogP contribution is -2.46. The van der Waals surface area contributed by atoms with E-state index >= 15 is 0 Å². The van der Waals surface area contributed by atoms with Gasteiger partial charge >= 0.3 is 0 Å². The molecule has 0 aliphatic carbocycles. The molecule has 3 rings (SSSR count). The molecule has 7 heteroatoms. The van der Waals surface area contributed by atoms with E-state index < -0.39 is 0 Å². The van der Waals surface area contributed by atoms with E-state index in [1.165, 1.54) is 0 Å². The molecule has 0 saturated carbocycles. The smallest absolute Gasteiger partial charge is 0.253 e. The van der Waals surface area contributed by atoms with Gasteiger partial charge in [0.15, 0.2) is 5.11 Å². The zero-order valence-electron chi connectivity index (χ0n) is 18.4. The van der Waals surface area contributed by atoms with Gasteiger partial charge in [0, 0.05) is 31.8 Å².